The Balaban J connectivity index is 0.000000172. The van der Waals surface area contributed by atoms with Gasteiger partial charge in [0.05, 0.1) is 73.2 Å². The molecule has 3 saturated heterocycles. The maximum atomic E-state index is 14.2. The van der Waals surface area contributed by atoms with E-state index in [1.807, 2.05) is 27.6 Å². The number of methoxy groups -OCH3 is 2. The fraction of sp³-hybridized carbons (Fsp3) is 0.505. The summed E-state index contributed by atoms with van der Waals surface area (Å²) in [6.45, 7) is 40.5. The molecule has 3 aliphatic rings. The number of ether oxygens (including phenoxy) is 9. The first-order valence-electron chi connectivity index (χ1n) is 44.8. The van der Waals surface area contributed by atoms with Crippen molar-refractivity contribution in [1.29, 1.82) is 0 Å². The van der Waals surface area contributed by atoms with Gasteiger partial charge >= 0.3 is 0 Å². The summed E-state index contributed by atoms with van der Waals surface area (Å²) in [5, 5.41) is 23.5. The number of hydrogen-bond donors (Lipinski definition) is 4. The van der Waals surface area contributed by atoms with E-state index in [0.29, 0.717) is 164 Å². The van der Waals surface area contributed by atoms with Gasteiger partial charge < -0.3 is 74.5 Å². The monoisotopic (exact) mass is 2060 g/mol. The average molecular weight is 2070 g/mol. The van der Waals surface area contributed by atoms with Crippen LogP contribution in [0.1, 0.15) is 73.7 Å². The standard InChI is InChI=1S/C35H52BrFN6O4Si2.C28H37BrFN5O3Si2.C23H24BrFN6O2.C7H15NO/c1-44-23-35(10-12-45-13-11-35)39-22-31-32(36)34(42(24-46-14-16-48(2,3)4)25-47-15-17-49(5,6)7)43-33(41-31)29(21-40-43)27-18-26-19-28(37)8-9-30(26)38-20-27;1-39(2,3)11-9-37-18-34(19-38-10-12-40(4,5)6)28-26(29)25(17-36)33-27-23(16-32-35(27)28)21-13-20-14-22(30)7-8-24(20)31-15-21;1-32-13-23(4-6-33-7-5-23)28-12-19-20(24)21(26)31-22(30-19)17(11-29-31)15-8-14-9-16(25)2-3-18(14)27-10-15;1-2-7(8)3-5-9-6-4-7/h8-9,18-21,39H,10-17,22-25H2,1-7H3;7-8,13-17H,9-12,18-19H2,1-6H3;2-3,8-11,28H,4-7,12-13,26H2,1H3;2-6,8H2,1H3. The second-order valence-electron chi connectivity index (χ2n) is 38.9. The van der Waals surface area contributed by atoms with E-state index in [1.165, 1.54) is 36.4 Å². The Morgan fingerprint density at radius 2 is 0.794 bits per heavy atom. The number of nitrogen functional groups attached to an aromatic ring is 1. The van der Waals surface area contributed by atoms with Crippen LogP contribution >= 0.6 is 47.8 Å². The Morgan fingerprint density at radius 1 is 0.466 bits per heavy atom. The van der Waals surface area contributed by atoms with E-state index >= 15 is 0 Å². The maximum Gasteiger partial charge on any atom is 0.169 e. The first kappa shape index (κ1) is 102. The summed E-state index contributed by atoms with van der Waals surface area (Å²) in [4.78, 5) is 44.4. The zero-order chi connectivity index (χ0) is 94.1. The van der Waals surface area contributed by atoms with Crippen LogP contribution < -0.4 is 31.9 Å². The molecule has 3 aliphatic heterocycles. The summed E-state index contributed by atoms with van der Waals surface area (Å²) in [6.07, 6.45) is 17.7. The highest BCUT2D eigenvalue weighted by atomic mass is 79.9. The largest absolute Gasteiger partial charge is 0.383 e. The summed E-state index contributed by atoms with van der Waals surface area (Å²) >= 11 is 11.2. The number of benzene rings is 3. The molecule has 28 nitrogen and oxygen atoms in total. The molecule has 12 aromatic rings. The van der Waals surface area contributed by atoms with E-state index in [9.17, 15) is 18.0 Å². The van der Waals surface area contributed by atoms with Gasteiger partial charge in [0.15, 0.2) is 34.9 Å². The highest BCUT2D eigenvalue weighted by molar-refractivity contribution is 9.11. The Morgan fingerprint density at radius 3 is 1.13 bits per heavy atom. The molecular weight excluding hydrogens is 1940 g/mol. The number of hydrogen-bond acceptors (Lipinski definition) is 25. The van der Waals surface area contributed by atoms with Crippen molar-refractivity contribution in [2.45, 2.75) is 184 Å². The van der Waals surface area contributed by atoms with Gasteiger partial charge in [-0.3, -0.25) is 19.7 Å². The SMILES string of the molecule is CCC1(N)CCOCC1.COCC1(NCc2nc3c(-c4cnc5ccc(F)cc5c4)cnn3c(N(COCC[Si](C)(C)C)COCC[Si](C)(C)C)c2Br)CCOCC1.COCC1(NCc2nc3c(-c4cnc5ccc(F)cc5c4)cnn3c(N)c2Br)CCOCC1.C[Si](C)(C)CCOCN(COCC[Si](C)(C)C)c1c(Br)c(C=O)nc2c(-c3cnc4ccc(F)cc4c3)cnn12. The number of rotatable bonds is 37. The van der Waals surface area contributed by atoms with E-state index in [4.69, 9.17) is 69.2 Å². The fourth-order valence-electron chi connectivity index (χ4n) is 15.3. The average Bonchev–Trinajstić information content (AvgIpc) is 1.64. The normalized spacial score (nSPS) is 15.3. The molecule has 0 radical (unpaired) electrons. The minimum atomic E-state index is -1.29. The highest BCUT2D eigenvalue weighted by Gasteiger charge is 2.36. The molecule has 15 rings (SSSR count). The number of nitrogens with one attached hydrogen (secondary N) is 2. The number of carbonyl (C=O) groups excluding carboxylic acids is 1. The molecule has 0 spiro atoms. The molecule has 3 aromatic carbocycles. The summed E-state index contributed by atoms with van der Waals surface area (Å²) in [5.41, 5.74) is 22.3. The number of carbonyl (C=O) groups is 1. The van der Waals surface area contributed by atoms with Gasteiger partial charge in [0.2, 0.25) is 0 Å². The first-order chi connectivity index (χ1) is 62.4. The lowest BCUT2D eigenvalue weighted by Gasteiger charge is -2.37. The van der Waals surface area contributed by atoms with E-state index in [0.717, 1.165) is 143 Å². The number of aromatic nitrogens is 12. The fourth-order valence-corrected chi connectivity index (χ4v) is 19.9. The van der Waals surface area contributed by atoms with Crippen LogP contribution in [0, 0.1) is 17.5 Å². The van der Waals surface area contributed by atoms with Gasteiger partial charge in [-0.25, -0.2) is 28.1 Å². The van der Waals surface area contributed by atoms with Gasteiger partial charge in [-0.2, -0.15) is 28.8 Å². The van der Waals surface area contributed by atoms with Crippen molar-refractivity contribution in [3.63, 3.8) is 0 Å². The summed E-state index contributed by atoms with van der Waals surface area (Å²) in [5.74, 6) is 0.911. The van der Waals surface area contributed by atoms with Gasteiger partial charge in [-0.15, -0.1) is 0 Å². The molecule has 0 aliphatic carbocycles. The molecule has 0 atom stereocenters. The number of fused-ring (bicyclic) bond motifs is 6. The molecule has 6 N–H and O–H groups in total. The van der Waals surface area contributed by atoms with Crippen molar-refractivity contribution >= 4 is 153 Å². The van der Waals surface area contributed by atoms with Crippen LogP contribution in [0.4, 0.5) is 30.6 Å². The zero-order valence-corrected chi connectivity index (χ0v) is 87.0. The van der Waals surface area contributed by atoms with E-state index in [1.54, 1.807) is 78.6 Å². The van der Waals surface area contributed by atoms with Crippen LogP contribution in [0.2, 0.25) is 103 Å². The van der Waals surface area contributed by atoms with Gasteiger partial charge in [0.1, 0.15) is 55.9 Å². The minimum Gasteiger partial charge on any atom is -0.383 e. The van der Waals surface area contributed by atoms with Gasteiger partial charge in [-0.1, -0.05) is 85.5 Å². The van der Waals surface area contributed by atoms with Crippen LogP contribution in [0.15, 0.2) is 123 Å². The van der Waals surface area contributed by atoms with Crippen molar-refractivity contribution in [2.24, 2.45) is 5.73 Å². The lowest BCUT2D eigenvalue weighted by molar-refractivity contribution is -0.000452. The predicted molar refractivity (Wildman–Crippen MR) is 535 cm³/mol. The van der Waals surface area contributed by atoms with E-state index in [2.05, 4.69) is 179 Å². The number of aldehydes is 1. The van der Waals surface area contributed by atoms with Gasteiger partial charge in [0, 0.05) is 210 Å². The summed E-state index contributed by atoms with van der Waals surface area (Å²) < 4.78 is 101. The summed E-state index contributed by atoms with van der Waals surface area (Å²) in [7, 11) is -1.67. The molecule has 0 saturated carbocycles. The quantitative estimate of drug-likeness (QED) is 0.0122. The summed E-state index contributed by atoms with van der Waals surface area (Å²) in [6, 6.07) is 23.5. The van der Waals surface area contributed by atoms with Crippen molar-refractivity contribution in [2.75, 3.05) is 136 Å². The van der Waals surface area contributed by atoms with E-state index < -0.39 is 32.3 Å². The van der Waals surface area contributed by atoms with Gasteiger partial charge in [-0.05, 0) is 190 Å². The molecule has 0 amide bonds. The Bertz CT molecular complexity index is 5790. The minimum absolute atomic E-state index is 0.0955. The number of nitrogens with two attached hydrogens (primary N) is 2. The van der Waals surface area contributed by atoms with Crippen LogP contribution in [0.3, 0.4) is 0 Å². The molecule has 131 heavy (non-hydrogen) atoms. The molecule has 9 aromatic heterocycles. The molecule has 12 heterocycles. The lowest BCUT2D eigenvalue weighted by Crippen LogP contribution is -2.52. The first-order valence-corrected chi connectivity index (χ1v) is 62.0. The smallest absolute Gasteiger partial charge is 0.169 e. The molecular formula is C93H128Br3F3N18O10Si4. The van der Waals surface area contributed by atoms with Crippen molar-refractivity contribution < 1.29 is 60.6 Å². The molecule has 38 heteroatoms. The third-order valence-electron chi connectivity index (χ3n) is 23.7. The Labute approximate surface area is 795 Å². The molecule has 0 unspecified atom stereocenters. The second-order valence-corrected chi connectivity index (χ2v) is 63.8. The van der Waals surface area contributed by atoms with Crippen LogP contribution in [0.5, 0.6) is 0 Å². The number of anilines is 3. The molecule has 3 fully saturated rings. The Hall–Kier alpha value is -7.56. The highest BCUT2D eigenvalue weighted by Crippen LogP contribution is 2.39. The number of halogens is 6. The molecule has 708 valence electrons. The van der Waals surface area contributed by atoms with Crippen LogP contribution in [0.25, 0.3) is 83.0 Å². The molecule has 0 bridgehead atoms. The number of pyridine rings is 3. The van der Waals surface area contributed by atoms with Crippen LogP contribution in [-0.2, 0) is 55.7 Å². The zero-order valence-electron chi connectivity index (χ0n) is 78.2. The van der Waals surface area contributed by atoms with Crippen molar-refractivity contribution in [1.82, 2.24) is 69.4 Å². The maximum absolute atomic E-state index is 14.2. The van der Waals surface area contributed by atoms with E-state index in [-0.39, 0.29) is 53.2 Å². The van der Waals surface area contributed by atoms with Crippen molar-refractivity contribution in [3.8, 4) is 33.4 Å². The third kappa shape index (κ3) is 27.9. The van der Waals surface area contributed by atoms with Crippen molar-refractivity contribution in [3.05, 3.63) is 158 Å². The lowest BCUT2D eigenvalue weighted by atomic mass is 9.89. The Kier molecular flexibility index (Phi) is 35.8. The third-order valence-corrected chi connectivity index (χ3v) is 32.9. The topological polar surface area (TPSA) is 312 Å². The van der Waals surface area contributed by atoms with Crippen LogP contribution in [-0.4, -0.2) is 234 Å². The number of nitrogens with zero attached hydrogens (tertiary/aromatic N) is 14. The predicted octanol–water partition coefficient (Wildman–Crippen LogP) is 19.3. The van der Waals surface area contributed by atoms with Gasteiger partial charge in [0.25, 0.3) is 0 Å². The second kappa shape index (κ2) is 45.9.